The van der Waals surface area contributed by atoms with Gasteiger partial charge in [-0.1, -0.05) is 12.1 Å². The highest BCUT2D eigenvalue weighted by molar-refractivity contribution is 7.09. The number of ether oxygens (including phenoxy) is 1. The van der Waals surface area contributed by atoms with Crippen LogP contribution in [-0.4, -0.2) is 18.9 Å². The molecular formula is C21H20N2O3S. The number of carbonyl (C=O) groups is 2. The molecule has 1 heterocycles. The first kappa shape index (κ1) is 18.7. The minimum absolute atomic E-state index is 0.138. The Kier molecular flexibility index (Phi) is 5.88. The quantitative estimate of drug-likeness (QED) is 0.682. The Labute approximate surface area is 162 Å². The number of anilines is 2. The third-order valence-electron chi connectivity index (χ3n) is 3.95. The van der Waals surface area contributed by atoms with Crippen LogP contribution in [0.1, 0.15) is 22.2 Å². The summed E-state index contributed by atoms with van der Waals surface area (Å²) in [6.45, 7) is 1.90. The van der Waals surface area contributed by atoms with Crippen LogP contribution >= 0.6 is 11.3 Å². The molecule has 5 nitrogen and oxygen atoms in total. The fourth-order valence-electron chi connectivity index (χ4n) is 2.69. The average Bonchev–Trinajstić information content (AvgIpc) is 3.19. The number of nitrogens with zero attached hydrogens (tertiary/aromatic N) is 1. The molecule has 0 saturated carbocycles. The number of hydrogen-bond acceptors (Lipinski definition) is 4. The summed E-state index contributed by atoms with van der Waals surface area (Å²) in [7, 11) is 1.61. The Morgan fingerprint density at radius 1 is 1.07 bits per heavy atom. The molecule has 0 unspecified atom stereocenters. The Morgan fingerprint density at radius 3 is 2.48 bits per heavy atom. The van der Waals surface area contributed by atoms with Crippen molar-refractivity contribution in [3.63, 3.8) is 0 Å². The van der Waals surface area contributed by atoms with Gasteiger partial charge in [-0.15, -0.1) is 11.3 Å². The van der Waals surface area contributed by atoms with Crippen LogP contribution in [-0.2, 0) is 11.3 Å². The number of nitrogens with one attached hydrogen (secondary N) is 1. The highest BCUT2D eigenvalue weighted by Gasteiger charge is 2.19. The summed E-state index contributed by atoms with van der Waals surface area (Å²) in [4.78, 5) is 27.4. The van der Waals surface area contributed by atoms with E-state index in [2.05, 4.69) is 5.32 Å². The summed E-state index contributed by atoms with van der Waals surface area (Å²) in [5, 5.41) is 4.70. The molecule has 1 N–H and O–H groups in total. The van der Waals surface area contributed by atoms with Gasteiger partial charge in [-0.25, -0.2) is 0 Å². The van der Waals surface area contributed by atoms with Crippen LogP contribution in [0.5, 0.6) is 5.75 Å². The van der Waals surface area contributed by atoms with Crippen LogP contribution in [0.3, 0.4) is 0 Å². The van der Waals surface area contributed by atoms with Crippen molar-refractivity contribution >= 4 is 34.5 Å². The van der Waals surface area contributed by atoms with E-state index in [1.165, 1.54) is 6.92 Å². The molecule has 0 bridgehead atoms. The second-order valence-corrected chi connectivity index (χ2v) is 6.96. The lowest BCUT2D eigenvalue weighted by atomic mass is 10.1. The topological polar surface area (TPSA) is 58.6 Å². The zero-order chi connectivity index (χ0) is 19.2. The molecule has 0 atom stereocenters. The van der Waals surface area contributed by atoms with Gasteiger partial charge in [0.2, 0.25) is 5.91 Å². The number of amides is 2. The van der Waals surface area contributed by atoms with Crippen LogP contribution in [0.2, 0.25) is 0 Å². The molecule has 2 aromatic carbocycles. The highest BCUT2D eigenvalue weighted by Crippen LogP contribution is 2.25. The van der Waals surface area contributed by atoms with Crippen molar-refractivity contribution < 1.29 is 14.3 Å². The monoisotopic (exact) mass is 380 g/mol. The Hall–Kier alpha value is -3.12. The Morgan fingerprint density at radius 2 is 1.85 bits per heavy atom. The summed E-state index contributed by atoms with van der Waals surface area (Å²) in [5.74, 6) is 0.417. The van der Waals surface area contributed by atoms with Crippen LogP contribution in [0, 0.1) is 0 Å². The van der Waals surface area contributed by atoms with Gasteiger partial charge in [0.15, 0.2) is 0 Å². The van der Waals surface area contributed by atoms with Crippen LogP contribution in [0.4, 0.5) is 11.4 Å². The number of benzene rings is 2. The summed E-state index contributed by atoms with van der Waals surface area (Å²) in [6, 6.07) is 18.3. The maximum Gasteiger partial charge on any atom is 0.258 e. The van der Waals surface area contributed by atoms with Gasteiger partial charge >= 0.3 is 0 Å². The number of hydrogen-bond donors (Lipinski definition) is 1. The predicted octanol–water partition coefficient (Wildman–Crippen LogP) is 4.56. The number of rotatable bonds is 6. The lowest BCUT2D eigenvalue weighted by molar-refractivity contribution is -0.114. The smallest absolute Gasteiger partial charge is 0.258 e. The van der Waals surface area contributed by atoms with Crippen molar-refractivity contribution in [2.45, 2.75) is 13.5 Å². The molecular weight excluding hydrogens is 360 g/mol. The zero-order valence-electron chi connectivity index (χ0n) is 15.1. The molecule has 0 aliphatic carbocycles. The van der Waals surface area contributed by atoms with Crippen molar-refractivity contribution in [3.05, 3.63) is 76.5 Å². The van der Waals surface area contributed by atoms with E-state index < -0.39 is 0 Å². The molecule has 27 heavy (non-hydrogen) atoms. The van der Waals surface area contributed by atoms with Gasteiger partial charge in [0.1, 0.15) is 5.75 Å². The number of thiophene rings is 1. The van der Waals surface area contributed by atoms with Gasteiger partial charge in [0.05, 0.1) is 13.7 Å². The minimum atomic E-state index is -0.176. The van der Waals surface area contributed by atoms with Crippen LogP contribution in [0.25, 0.3) is 0 Å². The van der Waals surface area contributed by atoms with Crippen molar-refractivity contribution in [2.75, 3.05) is 17.3 Å². The van der Waals surface area contributed by atoms with Crippen molar-refractivity contribution in [3.8, 4) is 5.75 Å². The molecule has 0 saturated heterocycles. The Balaban J connectivity index is 1.93. The lowest BCUT2D eigenvalue weighted by Gasteiger charge is -2.23. The first-order valence-corrected chi connectivity index (χ1v) is 9.31. The average molecular weight is 380 g/mol. The summed E-state index contributed by atoms with van der Waals surface area (Å²) in [5.41, 5.74) is 1.88. The lowest BCUT2D eigenvalue weighted by Crippen LogP contribution is -2.30. The van der Waals surface area contributed by atoms with Gasteiger partial charge in [-0.2, -0.15) is 0 Å². The molecule has 0 radical (unpaired) electrons. The molecule has 0 aliphatic heterocycles. The molecule has 0 aliphatic rings. The maximum atomic E-state index is 13.3. The van der Waals surface area contributed by atoms with Crippen molar-refractivity contribution in [1.82, 2.24) is 0 Å². The van der Waals surface area contributed by atoms with Crippen molar-refractivity contribution in [1.29, 1.82) is 0 Å². The van der Waals surface area contributed by atoms with E-state index in [1.807, 2.05) is 41.8 Å². The van der Waals surface area contributed by atoms with E-state index in [0.717, 1.165) is 16.3 Å². The largest absolute Gasteiger partial charge is 0.497 e. The first-order valence-electron chi connectivity index (χ1n) is 8.43. The normalized spacial score (nSPS) is 10.3. The molecule has 138 valence electrons. The molecule has 3 rings (SSSR count). The Bertz CT molecular complexity index is 921. The fraction of sp³-hybridized carbons (Fsp3) is 0.143. The summed E-state index contributed by atoms with van der Waals surface area (Å²) >= 11 is 1.60. The van der Waals surface area contributed by atoms with Crippen LogP contribution in [0.15, 0.2) is 66.0 Å². The van der Waals surface area contributed by atoms with Crippen molar-refractivity contribution in [2.24, 2.45) is 0 Å². The van der Waals surface area contributed by atoms with E-state index in [9.17, 15) is 9.59 Å². The van der Waals surface area contributed by atoms with Crippen LogP contribution < -0.4 is 15.0 Å². The van der Waals surface area contributed by atoms with Gasteiger partial charge in [0, 0.05) is 28.7 Å². The molecule has 0 fully saturated rings. The first-order chi connectivity index (χ1) is 13.1. The number of methoxy groups -OCH3 is 1. The van der Waals surface area contributed by atoms with Gasteiger partial charge in [0.25, 0.3) is 5.91 Å². The fourth-order valence-corrected chi connectivity index (χ4v) is 3.38. The molecule has 1 aromatic heterocycles. The third kappa shape index (κ3) is 4.74. The van der Waals surface area contributed by atoms with Gasteiger partial charge in [-0.05, 0) is 53.9 Å². The second kappa shape index (κ2) is 8.51. The third-order valence-corrected chi connectivity index (χ3v) is 4.81. The summed E-state index contributed by atoms with van der Waals surface area (Å²) < 4.78 is 5.21. The maximum absolute atomic E-state index is 13.3. The zero-order valence-corrected chi connectivity index (χ0v) is 16.0. The van der Waals surface area contributed by atoms with E-state index in [-0.39, 0.29) is 11.8 Å². The van der Waals surface area contributed by atoms with Gasteiger partial charge in [-0.3, -0.25) is 9.59 Å². The van der Waals surface area contributed by atoms with E-state index in [1.54, 1.807) is 47.6 Å². The molecule has 3 aromatic rings. The molecule has 6 heteroatoms. The van der Waals surface area contributed by atoms with E-state index in [0.29, 0.717) is 17.8 Å². The standard InChI is InChI=1S/C21H20N2O3S/c1-15(24)22-17-6-3-5-16(13-17)21(25)23(14-20-7-4-12-27-20)18-8-10-19(26-2)11-9-18/h3-13H,14H2,1-2H3,(H,22,24). The van der Waals surface area contributed by atoms with Gasteiger partial charge < -0.3 is 15.0 Å². The molecule has 0 spiro atoms. The SMILES string of the molecule is COc1ccc(N(Cc2cccs2)C(=O)c2cccc(NC(C)=O)c2)cc1. The minimum Gasteiger partial charge on any atom is -0.497 e. The molecule has 2 amide bonds. The summed E-state index contributed by atoms with van der Waals surface area (Å²) in [6.07, 6.45) is 0. The van der Waals surface area contributed by atoms with E-state index >= 15 is 0 Å². The predicted molar refractivity (Wildman–Crippen MR) is 109 cm³/mol. The second-order valence-electron chi connectivity index (χ2n) is 5.93. The van der Waals surface area contributed by atoms with E-state index in [4.69, 9.17) is 4.74 Å². The highest BCUT2D eigenvalue weighted by atomic mass is 32.1. The number of carbonyl (C=O) groups excluding carboxylic acids is 2.